The van der Waals surface area contributed by atoms with Crippen molar-refractivity contribution < 1.29 is 4.74 Å². The maximum absolute atomic E-state index is 5.50. The first kappa shape index (κ1) is 13.8. The van der Waals surface area contributed by atoms with Crippen LogP contribution in [-0.2, 0) is 4.74 Å². The summed E-state index contributed by atoms with van der Waals surface area (Å²) in [6, 6.07) is 0. The zero-order chi connectivity index (χ0) is 13.0. The number of hydrogen-bond donors (Lipinski definition) is 1. The van der Waals surface area contributed by atoms with Crippen LogP contribution in [0.1, 0.15) is 51.4 Å². The minimum Gasteiger partial charge on any atom is -0.381 e. The van der Waals surface area contributed by atoms with Crippen molar-refractivity contribution in [3.63, 3.8) is 0 Å². The topological polar surface area (TPSA) is 24.5 Å². The summed E-state index contributed by atoms with van der Waals surface area (Å²) in [5.74, 6) is 0.832. The molecule has 1 aliphatic carbocycles. The van der Waals surface area contributed by atoms with Crippen LogP contribution in [0.4, 0.5) is 0 Å². The second-order valence-electron chi connectivity index (χ2n) is 6.92. The van der Waals surface area contributed by atoms with Crippen LogP contribution >= 0.6 is 0 Å². The third-order valence-electron chi connectivity index (χ3n) is 5.37. The Morgan fingerprint density at radius 2 is 2.05 bits per heavy atom. The van der Waals surface area contributed by atoms with Crippen LogP contribution in [0.2, 0.25) is 0 Å². The molecular weight excluding hydrogens is 236 g/mol. The zero-order valence-electron chi connectivity index (χ0n) is 12.3. The van der Waals surface area contributed by atoms with Crippen molar-refractivity contribution in [3.05, 3.63) is 0 Å². The van der Waals surface area contributed by atoms with E-state index in [1.165, 1.54) is 77.5 Å². The minimum absolute atomic E-state index is 0.459. The predicted molar refractivity (Wildman–Crippen MR) is 78.4 cm³/mol. The van der Waals surface area contributed by atoms with Crippen LogP contribution < -0.4 is 5.32 Å². The van der Waals surface area contributed by atoms with Crippen LogP contribution in [0.15, 0.2) is 0 Å². The molecule has 1 spiro atoms. The molecule has 3 aliphatic rings. The molecule has 1 atom stereocenters. The van der Waals surface area contributed by atoms with Gasteiger partial charge in [0.25, 0.3) is 0 Å². The summed E-state index contributed by atoms with van der Waals surface area (Å²) in [5, 5.41) is 3.89. The van der Waals surface area contributed by atoms with Crippen LogP contribution in [0, 0.1) is 5.92 Å². The summed E-state index contributed by atoms with van der Waals surface area (Å²) in [4.78, 5) is 2.74. The number of nitrogens with one attached hydrogen (secondary N) is 1. The lowest BCUT2D eigenvalue weighted by Gasteiger charge is -2.40. The largest absolute Gasteiger partial charge is 0.381 e. The number of hydrogen-bond acceptors (Lipinski definition) is 3. The molecule has 3 heteroatoms. The van der Waals surface area contributed by atoms with E-state index in [4.69, 9.17) is 4.74 Å². The Bertz CT molecular complexity index is 270. The van der Waals surface area contributed by atoms with E-state index in [2.05, 4.69) is 10.2 Å². The Morgan fingerprint density at radius 3 is 2.84 bits per heavy atom. The van der Waals surface area contributed by atoms with Crippen LogP contribution in [0.5, 0.6) is 0 Å². The standard InChI is InChI=1S/C16H30N2O/c1-2-7-16(8-3-1)14-18(10-4-9-17-16)11-5-15-6-12-19-13-15/h15,17H,1-14H2. The van der Waals surface area contributed by atoms with Gasteiger partial charge in [-0.3, -0.25) is 0 Å². The first-order valence-electron chi connectivity index (χ1n) is 8.41. The summed E-state index contributed by atoms with van der Waals surface area (Å²) in [5.41, 5.74) is 0.459. The lowest BCUT2D eigenvalue weighted by molar-refractivity contribution is 0.151. The molecular formula is C16H30N2O. The predicted octanol–water partition coefficient (Wildman–Crippen LogP) is 2.41. The van der Waals surface area contributed by atoms with Gasteiger partial charge >= 0.3 is 0 Å². The molecule has 1 saturated carbocycles. The quantitative estimate of drug-likeness (QED) is 0.849. The van der Waals surface area contributed by atoms with E-state index in [0.717, 1.165) is 19.1 Å². The van der Waals surface area contributed by atoms with Gasteiger partial charge in [-0.1, -0.05) is 19.3 Å². The molecule has 0 aromatic heterocycles. The molecule has 3 rings (SSSR count). The molecule has 0 aromatic rings. The van der Waals surface area contributed by atoms with Crippen molar-refractivity contribution in [1.29, 1.82) is 0 Å². The fraction of sp³-hybridized carbons (Fsp3) is 1.00. The van der Waals surface area contributed by atoms with Crippen LogP contribution in [0.3, 0.4) is 0 Å². The Balaban J connectivity index is 1.51. The average Bonchev–Trinajstić information content (AvgIpc) is 2.88. The molecule has 0 aromatic carbocycles. The van der Waals surface area contributed by atoms with E-state index in [-0.39, 0.29) is 0 Å². The number of ether oxygens (including phenoxy) is 1. The molecule has 2 aliphatic heterocycles. The SMILES string of the molecule is C1CCC2(CC1)CN(CCC1CCOC1)CCCN2. The normalized spacial score (nSPS) is 32.5. The maximum atomic E-state index is 5.50. The third-order valence-corrected chi connectivity index (χ3v) is 5.37. The van der Waals surface area contributed by atoms with Gasteiger partial charge in [-0.2, -0.15) is 0 Å². The van der Waals surface area contributed by atoms with E-state index >= 15 is 0 Å². The van der Waals surface area contributed by atoms with E-state index in [1.807, 2.05) is 0 Å². The van der Waals surface area contributed by atoms with Gasteiger partial charge in [0, 0.05) is 25.3 Å². The smallest absolute Gasteiger partial charge is 0.0495 e. The highest BCUT2D eigenvalue weighted by Crippen LogP contribution is 2.30. The summed E-state index contributed by atoms with van der Waals surface area (Å²) < 4.78 is 5.50. The van der Waals surface area contributed by atoms with E-state index in [9.17, 15) is 0 Å². The fourth-order valence-electron chi connectivity index (χ4n) is 4.15. The van der Waals surface area contributed by atoms with Gasteiger partial charge in [0.05, 0.1) is 0 Å². The van der Waals surface area contributed by atoms with Crippen LogP contribution in [-0.4, -0.2) is 49.8 Å². The third kappa shape index (κ3) is 3.71. The van der Waals surface area contributed by atoms with Gasteiger partial charge in [0.15, 0.2) is 0 Å². The Labute approximate surface area is 118 Å². The van der Waals surface area contributed by atoms with E-state index in [1.54, 1.807) is 0 Å². The zero-order valence-corrected chi connectivity index (χ0v) is 12.3. The fourth-order valence-corrected chi connectivity index (χ4v) is 4.15. The molecule has 0 amide bonds. The molecule has 3 fully saturated rings. The van der Waals surface area contributed by atoms with Gasteiger partial charge in [-0.25, -0.2) is 0 Å². The highest BCUT2D eigenvalue weighted by atomic mass is 16.5. The lowest BCUT2D eigenvalue weighted by Crippen LogP contribution is -2.52. The minimum atomic E-state index is 0.459. The van der Waals surface area contributed by atoms with Crippen molar-refractivity contribution in [1.82, 2.24) is 10.2 Å². The Hall–Kier alpha value is -0.120. The van der Waals surface area contributed by atoms with Crippen molar-refractivity contribution in [2.24, 2.45) is 5.92 Å². The van der Waals surface area contributed by atoms with Crippen molar-refractivity contribution >= 4 is 0 Å². The molecule has 0 bridgehead atoms. The number of nitrogens with zero attached hydrogens (tertiary/aromatic N) is 1. The first-order chi connectivity index (χ1) is 9.36. The van der Waals surface area contributed by atoms with Crippen molar-refractivity contribution in [2.45, 2.75) is 56.9 Å². The van der Waals surface area contributed by atoms with E-state index < -0.39 is 0 Å². The molecule has 3 nitrogen and oxygen atoms in total. The summed E-state index contributed by atoms with van der Waals surface area (Å²) >= 11 is 0. The van der Waals surface area contributed by atoms with Gasteiger partial charge in [0.2, 0.25) is 0 Å². The van der Waals surface area contributed by atoms with Crippen molar-refractivity contribution in [2.75, 3.05) is 39.4 Å². The van der Waals surface area contributed by atoms with Gasteiger partial charge in [-0.15, -0.1) is 0 Å². The van der Waals surface area contributed by atoms with Gasteiger partial charge in [-0.05, 0) is 57.7 Å². The van der Waals surface area contributed by atoms with Gasteiger partial charge < -0.3 is 15.0 Å². The summed E-state index contributed by atoms with van der Waals surface area (Å²) in [7, 11) is 0. The Kier molecular flexibility index (Phi) is 4.78. The van der Waals surface area contributed by atoms with E-state index in [0.29, 0.717) is 5.54 Å². The first-order valence-corrected chi connectivity index (χ1v) is 8.41. The molecule has 1 N–H and O–H groups in total. The summed E-state index contributed by atoms with van der Waals surface area (Å²) in [6.07, 6.45) is 11.1. The monoisotopic (exact) mass is 266 g/mol. The molecule has 2 saturated heterocycles. The van der Waals surface area contributed by atoms with Crippen LogP contribution in [0.25, 0.3) is 0 Å². The molecule has 2 heterocycles. The molecule has 110 valence electrons. The number of rotatable bonds is 3. The highest BCUT2D eigenvalue weighted by Gasteiger charge is 2.34. The molecule has 1 unspecified atom stereocenters. The average molecular weight is 266 g/mol. The second kappa shape index (κ2) is 6.55. The Morgan fingerprint density at radius 1 is 1.16 bits per heavy atom. The lowest BCUT2D eigenvalue weighted by atomic mass is 9.81. The van der Waals surface area contributed by atoms with Crippen molar-refractivity contribution in [3.8, 4) is 0 Å². The summed E-state index contributed by atoms with van der Waals surface area (Å²) in [6.45, 7) is 7.11. The highest BCUT2D eigenvalue weighted by molar-refractivity contribution is 4.95. The molecule has 0 radical (unpaired) electrons. The maximum Gasteiger partial charge on any atom is 0.0495 e. The molecule has 19 heavy (non-hydrogen) atoms. The second-order valence-corrected chi connectivity index (χ2v) is 6.92. The van der Waals surface area contributed by atoms with Gasteiger partial charge in [0.1, 0.15) is 0 Å².